The van der Waals surface area contributed by atoms with Gasteiger partial charge in [0.2, 0.25) is 0 Å². The fourth-order valence-electron chi connectivity index (χ4n) is 4.48. The molecule has 4 rings (SSSR count). The van der Waals surface area contributed by atoms with Crippen molar-refractivity contribution < 1.29 is 9.53 Å². The number of amides is 1. The van der Waals surface area contributed by atoms with E-state index in [0.29, 0.717) is 45.8 Å². The third-order valence-corrected chi connectivity index (χ3v) is 7.40. The number of thiocarbonyl (C=S) groups is 1. The summed E-state index contributed by atoms with van der Waals surface area (Å²) in [6, 6.07) is 11.7. The summed E-state index contributed by atoms with van der Waals surface area (Å²) in [5.74, 6) is 0.497. The molecule has 0 bridgehead atoms. The molecule has 0 spiro atoms. The van der Waals surface area contributed by atoms with Crippen molar-refractivity contribution in [2.45, 2.75) is 39.5 Å². The second-order valence-electron chi connectivity index (χ2n) is 8.63. The summed E-state index contributed by atoms with van der Waals surface area (Å²) in [5, 5.41) is 9.68. The molecule has 34 heavy (non-hydrogen) atoms. The molecule has 2 fully saturated rings. The van der Waals surface area contributed by atoms with E-state index in [0.717, 1.165) is 5.56 Å². The topological polar surface area (TPSA) is 78.6 Å². The number of benzene rings is 1. The van der Waals surface area contributed by atoms with E-state index in [4.69, 9.17) is 17.0 Å². The van der Waals surface area contributed by atoms with Crippen LogP contribution in [0.4, 0.5) is 5.82 Å². The van der Waals surface area contributed by atoms with Gasteiger partial charge < -0.3 is 9.64 Å². The molecule has 2 saturated heterocycles. The first-order chi connectivity index (χ1) is 16.2. The largest absolute Gasteiger partial charge is 0.372 e. The van der Waals surface area contributed by atoms with Crippen LogP contribution in [0.25, 0.3) is 6.08 Å². The molecular weight excluding hydrogens is 468 g/mol. The van der Waals surface area contributed by atoms with Gasteiger partial charge in [-0.1, -0.05) is 54.3 Å². The van der Waals surface area contributed by atoms with E-state index in [2.05, 4.69) is 4.90 Å². The molecular formula is C25H26N4O3S2. The van der Waals surface area contributed by atoms with Gasteiger partial charge in [-0.3, -0.25) is 19.1 Å². The van der Waals surface area contributed by atoms with Crippen LogP contribution in [0.15, 0.2) is 40.0 Å². The van der Waals surface area contributed by atoms with Crippen molar-refractivity contribution in [3.05, 3.63) is 67.8 Å². The maximum atomic E-state index is 13.3. The highest BCUT2D eigenvalue weighted by Crippen LogP contribution is 2.36. The van der Waals surface area contributed by atoms with Crippen molar-refractivity contribution in [3.8, 4) is 6.07 Å². The molecule has 0 radical (unpaired) electrons. The molecule has 176 valence electrons. The zero-order valence-corrected chi connectivity index (χ0v) is 21.2. The lowest BCUT2D eigenvalue weighted by Gasteiger charge is -2.38. The molecule has 3 heterocycles. The van der Waals surface area contributed by atoms with Gasteiger partial charge >= 0.3 is 0 Å². The lowest BCUT2D eigenvalue weighted by Crippen LogP contribution is -2.47. The molecule has 2 atom stereocenters. The summed E-state index contributed by atoms with van der Waals surface area (Å²) >= 11 is 6.76. The minimum atomic E-state index is -0.351. The van der Waals surface area contributed by atoms with Crippen LogP contribution in [0.5, 0.6) is 0 Å². The molecule has 2 aromatic rings. The number of thioether (sulfide) groups is 1. The molecule has 0 N–H and O–H groups in total. The molecule has 2 unspecified atom stereocenters. The Morgan fingerprint density at radius 1 is 1.21 bits per heavy atom. The fraction of sp³-hybridized carbons (Fsp3) is 0.360. The normalized spacial score (nSPS) is 21.9. The van der Waals surface area contributed by atoms with Crippen molar-refractivity contribution in [2.75, 3.05) is 18.0 Å². The Balaban J connectivity index is 1.80. The number of nitrogens with zero attached hydrogens (tertiary/aromatic N) is 4. The van der Waals surface area contributed by atoms with E-state index in [9.17, 15) is 14.9 Å². The first-order valence-corrected chi connectivity index (χ1v) is 12.3. The Hall–Kier alpha value is -2.93. The number of morpholine rings is 1. The first kappa shape index (κ1) is 24.2. The van der Waals surface area contributed by atoms with Crippen LogP contribution >= 0.6 is 24.0 Å². The number of hydrogen-bond acceptors (Lipinski definition) is 7. The molecule has 1 amide bonds. The zero-order chi connectivity index (χ0) is 24.6. The molecule has 1 aromatic heterocycles. The highest BCUT2D eigenvalue weighted by molar-refractivity contribution is 8.26. The zero-order valence-electron chi connectivity index (χ0n) is 19.6. The number of hydrogen-bond donors (Lipinski definition) is 0. The van der Waals surface area contributed by atoms with Crippen molar-refractivity contribution in [2.24, 2.45) is 7.05 Å². The van der Waals surface area contributed by atoms with Crippen molar-refractivity contribution >= 4 is 46.1 Å². The predicted molar refractivity (Wildman–Crippen MR) is 139 cm³/mol. The Morgan fingerprint density at radius 2 is 1.85 bits per heavy atom. The summed E-state index contributed by atoms with van der Waals surface area (Å²) in [5.41, 5.74) is 1.95. The number of anilines is 1. The van der Waals surface area contributed by atoms with Gasteiger partial charge in [-0.25, -0.2) is 0 Å². The van der Waals surface area contributed by atoms with Crippen molar-refractivity contribution in [1.29, 1.82) is 5.26 Å². The quantitative estimate of drug-likeness (QED) is 0.475. The Kier molecular flexibility index (Phi) is 6.94. The van der Waals surface area contributed by atoms with E-state index in [-0.39, 0.29) is 29.2 Å². The number of carbonyl (C=O) groups excluding carboxylic acids is 1. The van der Waals surface area contributed by atoms with Crippen LogP contribution in [0.1, 0.15) is 36.1 Å². The molecule has 7 nitrogen and oxygen atoms in total. The second-order valence-corrected chi connectivity index (χ2v) is 10.3. The van der Waals surface area contributed by atoms with Crippen molar-refractivity contribution in [3.63, 3.8) is 0 Å². The third kappa shape index (κ3) is 4.53. The van der Waals surface area contributed by atoms with Crippen LogP contribution in [-0.4, -0.2) is 45.0 Å². The van der Waals surface area contributed by atoms with Crippen LogP contribution in [-0.2, 0) is 23.1 Å². The van der Waals surface area contributed by atoms with E-state index in [1.54, 1.807) is 24.9 Å². The second kappa shape index (κ2) is 9.74. The number of pyridine rings is 1. The maximum absolute atomic E-state index is 13.3. The summed E-state index contributed by atoms with van der Waals surface area (Å²) in [6.07, 6.45) is 1.73. The van der Waals surface area contributed by atoms with Gasteiger partial charge in [0.1, 0.15) is 21.8 Å². The number of ether oxygens (including phenoxy) is 1. The Morgan fingerprint density at radius 3 is 2.47 bits per heavy atom. The van der Waals surface area contributed by atoms with E-state index >= 15 is 0 Å². The number of nitriles is 1. The van der Waals surface area contributed by atoms with Crippen LogP contribution in [0.2, 0.25) is 0 Å². The molecule has 0 saturated carbocycles. The standard InChI is InChI=1S/C25H26N4O3S2/c1-15-12-28(13-16(2)32-15)22-19(17(3)20(11-26)23(30)27(22)4)10-21-24(31)29(25(33)34-21)14-18-8-6-5-7-9-18/h5-10,15-16H,12-14H2,1-4H3/b21-10+. The SMILES string of the molecule is Cc1c(/C=C2/SC(=S)N(Cc3ccccc3)C2=O)c(N2CC(C)OC(C)C2)n(C)c(=O)c1C#N. The van der Waals surface area contributed by atoms with Crippen LogP contribution in [0, 0.1) is 18.3 Å². The number of aromatic nitrogens is 1. The molecule has 9 heteroatoms. The average molecular weight is 495 g/mol. The smallest absolute Gasteiger partial charge is 0.270 e. The highest BCUT2D eigenvalue weighted by atomic mass is 32.2. The molecule has 2 aliphatic rings. The van der Waals surface area contributed by atoms with Gasteiger partial charge in [0, 0.05) is 25.7 Å². The van der Waals surface area contributed by atoms with Gasteiger partial charge in [0.15, 0.2) is 0 Å². The van der Waals surface area contributed by atoms with Gasteiger partial charge in [-0.15, -0.1) is 0 Å². The monoisotopic (exact) mass is 494 g/mol. The molecule has 1 aromatic carbocycles. The highest BCUT2D eigenvalue weighted by Gasteiger charge is 2.34. The lowest BCUT2D eigenvalue weighted by molar-refractivity contribution is -0.122. The van der Waals surface area contributed by atoms with Gasteiger partial charge in [-0.2, -0.15) is 5.26 Å². The summed E-state index contributed by atoms with van der Waals surface area (Å²) in [6.45, 7) is 7.33. The Labute approximate surface area is 208 Å². The Bertz CT molecular complexity index is 1270. The summed E-state index contributed by atoms with van der Waals surface area (Å²) in [7, 11) is 1.67. The van der Waals surface area contributed by atoms with E-state index in [1.165, 1.54) is 16.3 Å². The predicted octanol–water partition coefficient (Wildman–Crippen LogP) is 3.58. The lowest BCUT2D eigenvalue weighted by atomic mass is 10.0. The van der Waals surface area contributed by atoms with Gasteiger partial charge in [0.05, 0.1) is 23.7 Å². The van der Waals surface area contributed by atoms with Crippen LogP contribution in [0.3, 0.4) is 0 Å². The number of rotatable bonds is 4. The summed E-state index contributed by atoms with van der Waals surface area (Å²) < 4.78 is 7.87. The third-order valence-electron chi connectivity index (χ3n) is 6.02. The minimum absolute atomic E-state index is 0.0215. The maximum Gasteiger partial charge on any atom is 0.270 e. The average Bonchev–Trinajstić information content (AvgIpc) is 3.05. The van der Waals surface area contributed by atoms with E-state index in [1.807, 2.05) is 50.2 Å². The minimum Gasteiger partial charge on any atom is -0.372 e. The molecule has 2 aliphatic heterocycles. The van der Waals surface area contributed by atoms with E-state index < -0.39 is 0 Å². The van der Waals surface area contributed by atoms with Gasteiger partial charge in [0.25, 0.3) is 11.5 Å². The van der Waals surface area contributed by atoms with Gasteiger partial charge in [-0.05, 0) is 38.0 Å². The molecule has 0 aliphatic carbocycles. The summed E-state index contributed by atoms with van der Waals surface area (Å²) in [4.78, 5) is 30.4. The van der Waals surface area contributed by atoms with Crippen LogP contribution < -0.4 is 10.5 Å². The fourth-order valence-corrected chi connectivity index (χ4v) is 5.72. The number of carbonyl (C=O) groups is 1. The first-order valence-electron chi connectivity index (χ1n) is 11.0. The van der Waals surface area contributed by atoms with Crippen molar-refractivity contribution in [1.82, 2.24) is 9.47 Å².